The fraction of sp³-hybridized carbons (Fsp3) is 0.471. The Labute approximate surface area is 136 Å². The predicted octanol–water partition coefficient (Wildman–Crippen LogP) is 2.28. The van der Waals surface area contributed by atoms with Gasteiger partial charge in [-0.15, -0.1) is 10.2 Å². The van der Waals surface area contributed by atoms with Crippen molar-refractivity contribution in [1.82, 2.24) is 14.8 Å². The zero-order chi connectivity index (χ0) is 16.1. The highest BCUT2D eigenvalue weighted by Crippen LogP contribution is 2.14. The number of nitrogens with two attached hydrogens (primary N) is 1. The number of benzene rings is 1. The van der Waals surface area contributed by atoms with Crippen LogP contribution >= 0.6 is 0 Å². The minimum atomic E-state index is 0.436. The van der Waals surface area contributed by atoms with Crippen LogP contribution in [0.1, 0.15) is 36.5 Å². The largest absolute Gasteiger partial charge is 0.370 e. The molecule has 3 rings (SSSR count). The van der Waals surface area contributed by atoms with Gasteiger partial charge in [0.25, 0.3) is 0 Å². The Kier molecular flexibility index (Phi) is 4.90. The maximum Gasteiger partial charge on any atom is 0.193 e. The SMILES string of the molecule is Cc1cccc(NC(N)=NCCc2nnc3n2CCCCC3)c1. The number of nitrogens with one attached hydrogen (secondary N) is 1. The fourth-order valence-electron chi connectivity index (χ4n) is 2.92. The first-order valence-electron chi connectivity index (χ1n) is 8.27. The first-order valence-corrected chi connectivity index (χ1v) is 8.27. The Morgan fingerprint density at radius 1 is 1.30 bits per heavy atom. The van der Waals surface area contributed by atoms with Gasteiger partial charge in [0.05, 0.1) is 0 Å². The van der Waals surface area contributed by atoms with Crippen LogP contribution in [0.4, 0.5) is 5.69 Å². The van der Waals surface area contributed by atoms with Gasteiger partial charge in [0.1, 0.15) is 11.6 Å². The Balaban J connectivity index is 1.57. The van der Waals surface area contributed by atoms with Crippen LogP contribution in [0.2, 0.25) is 0 Å². The summed E-state index contributed by atoms with van der Waals surface area (Å²) in [4.78, 5) is 4.40. The molecule has 0 aliphatic carbocycles. The van der Waals surface area contributed by atoms with Crippen molar-refractivity contribution >= 4 is 11.6 Å². The minimum Gasteiger partial charge on any atom is -0.370 e. The van der Waals surface area contributed by atoms with Crippen LogP contribution in [0.25, 0.3) is 0 Å². The van der Waals surface area contributed by atoms with Gasteiger partial charge in [-0.2, -0.15) is 0 Å². The molecule has 1 aliphatic rings. The number of hydrogen-bond acceptors (Lipinski definition) is 3. The summed E-state index contributed by atoms with van der Waals surface area (Å²) in [7, 11) is 0. The Bertz CT molecular complexity index is 688. The monoisotopic (exact) mass is 312 g/mol. The number of anilines is 1. The molecule has 1 aromatic carbocycles. The number of nitrogens with zero attached hydrogens (tertiary/aromatic N) is 4. The second kappa shape index (κ2) is 7.26. The molecule has 0 bridgehead atoms. The van der Waals surface area contributed by atoms with Crippen molar-refractivity contribution < 1.29 is 0 Å². The van der Waals surface area contributed by atoms with Crippen LogP contribution in [0.15, 0.2) is 29.3 Å². The number of aryl methyl sites for hydroxylation is 2. The maximum atomic E-state index is 5.95. The molecule has 3 N–H and O–H groups in total. The molecule has 2 heterocycles. The molecule has 6 nitrogen and oxygen atoms in total. The van der Waals surface area contributed by atoms with Crippen molar-refractivity contribution in [2.75, 3.05) is 11.9 Å². The Morgan fingerprint density at radius 2 is 2.22 bits per heavy atom. The van der Waals surface area contributed by atoms with E-state index in [0.29, 0.717) is 12.5 Å². The third kappa shape index (κ3) is 4.09. The summed E-state index contributed by atoms with van der Waals surface area (Å²) >= 11 is 0. The van der Waals surface area contributed by atoms with Gasteiger partial charge in [-0.1, -0.05) is 18.6 Å². The van der Waals surface area contributed by atoms with Crippen molar-refractivity contribution in [2.24, 2.45) is 10.7 Å². The van der Waals surface area contributed by atoms with Crippen molar-refractivity contribution in [3.63, 3.8) is 0 Å². The summed E-state index contributed by atoms with van der Waals surface area (Å²) in [6.07, 6.45) is 5.49. The molecular weight excluding hydrogens is 288 g/mol. The molecule has 2 aromatic rings. The van der Waals surface area contributed by atoms with Crippen molar-refractivity contribution in [2.45, 2.75) is 45.6 Å². The highest BCUT2D eigenvalue weighted by Gasteiger charge is 2.13. The number of fused-ring (bicyclic) bond motifs is 1. The second-order valence-electron chi connectivity index (χ2n) is 6.01. The van der Waals surface area contributed by atoms with Crippen LogP contribution in [0.5, 0.6) is 0 Å². The van der Waals surface area contributed by atoms with Gasteiger partial charge in [-0.05, 0) is 37.5 Å². The van der Waals surface area contributed by atoms with Gasteiger partial charge in [-0.25, -0.2) is 0 Å². The third-order valence-corrected chi connectivity index (χ3v) is 4.09. The predicted molar refractivity (Wildman–Crippen MR) is 92.6 cm³/mol. The minimum absolute atomic E-state index is 0.436. The van der Waals surface area contributed by atoms with Gasteiger partial charge >= 0.3 is 0 Å². The fourth-order valence-corrected chi connectivity index (χ4v) is 2.92. The quantitative estimate of drug-likeness (QED) is 0.670. The second-order valence-corrected chi connectivity index (χ2v) is 6.01. The lowest BCUT2D eigenvalue weighted by Gasteiger charge is -2.07. The Morgan fingerprint density at radius 3 is 3.09 bits per heavy atom. The number of aromatic nitrogens is 3. The smallest absolute Gasteiger partial charge is 0.193 e. The van der Waals surface area contributed by atoms with E-state index in [1.54, 1.807) is 0 Å². The molecule has 1 aromatic heterocycles. The van der Waals surface area contributed by atoms with E-state index >= 15 is 0 Å². The first-order chi connectivity index (χ1) is 11.2. The maximum absolute atomic E-state index is 5.95. The molecule has 0 radical (unpaired) electrons. The highest BCUT2D eigenvalue weighted by molar-refractivity contribution is 5.92. The molecule has 6 heteroatoms. The lowest BCUT2D eigenvalue weighted by atomic mass is 10.2. The van der Waals surface area contributed by atoms with Gasteiger partial charge in [-0.3, -0.25) is 4.99 Å². The van der Waals surface area contributed by atoms with E-state index in [0.717, 1.165) is 36.7 Å². The number of aliphatic imine (C=N–C) groups is 1. The van der Waals surface area contributed by atoms with E-state index in [1.807, 2.05) is 18.2 Å². The zero-order valence-electron chi connectivity index (χ0n) is 13.6. The van der Waals surface area contributed by atoms with E-state index in [9.17, 15) is 0 Å². The molecule has 0 amide bonds. The number of hydrogen-bond donors (Lipinski definition) is 2. The zero-order valence-corrected chi connectivity index (χ0v) is 13.6. The molecule has 0 atom stereocenters. The third-order valence-electron chi connectivity index (χ3n) is 4.09. The average Bonchev–Trinajstić information content (AvgIpc) is 2.76. The number of rotatable bonds is 4. The summed E-state index contributed by atoms with van der Waals surface area (Å²) < 4.78 is 2.26. The molecule has 1 aliphatic heterocycles. The van der Waals surface area contributed by atoms with Crippen molar-refractivity contribution in [3.05, 3.63) is 41.5 Å². The molecule has 0 unspecified atom stereocenters. The topological polar surface area (TPSA) is 81.1 Å². The van der Waals surface area contributed by atoms with E-state index in [-0.39, 0.29) is 0 Å². The van der Waals surface area contributed by atoms with E-state index in [1.165, 1.54) is 24.8 Å². The lowest BCUT2D eigenvalue weighted by Crippen LogP contribution is -2.23. The molecule has 122 valence electrons. The molecular formula is C17H24N6. The average molecular weight is 312 g/mol. The summed E-state index contributed by atoms with van der Waals surface area (Å²) in [5.41, 5.74) is 8.10. The normalized spacial score (nSPS) is 15.1. The van der Waals surface area contributed by atoms with Crippen LogP contribution in [-0.2, 0) is 19.4 Å². The standard InChI is InChI=1S/C17H24N6/c1-13-6-5-7-14(12-13)20-17(18)19-10-9-16-22-21-15-8-3-2-4-11-23(15)16/h5-7,12H,2-4,8-11H2,1H3,(H3,18,19,20). The summed E-state index contributed by atoms with van der Waals surface area (Å²) in [5, 5.41) is 11.7. The van der Waals surface area contributed by atoms with Crippen LogP contribution in [-0.4, -0.2) is 27.3 Å². The Hall–Kier alpha value is -2.37. The van der Waals surface area contributed by atoms with Crippen molar-refractivity contribution in [3.8, 4) is 0 Å². The van der Waals surface area contributed by atoms with Gasteiger partial charge in [0.2, 0.25) is 0 Å². The summed E-state index contributed by atoms with van der Waals surface area (Å²) in [5.74, 6) is 2.58. The van der Waals surface area contributed by atoms with E-state index in [2.05, 4.69) is 38.1 Å². The van der Waals surface area contributed by atoms with Crippen molar-refractivity contribution in [1.29, 1.82) is 0 Å². The van der Waals surface area contributed by atoms with Gasteiger partial charge in [0, 0.05) is 31.6 Å². The van der Waals surface area contributed by atoms with Gasteiger partial charge in [0.15, 0.2) is 5.96 Å². The molecule has 0 fully saturated rings. The summed E-state index contributed by atoms with van der Waals surface area (Å²) in [6, 6.07) is 8.07. The highest BCUT2D eigenvalue weighted by atomic mass is 15.3. The number of guanidine groups is 1. The van der Waals surface area contributed by atoms with Crippen LogP contribution in [0, 0.1) is 6.92 Å². The van der Waals surface area contributed by atoms with Gasteiger partial charge < -0.3 is 15.6 Å². The van der Waals surface area contributed by atoms with Crippen LogP contribution < -0.4 is 11.1 Å². The summed E-state index contributed by atoms with van der Waals surface area (Å²) in [6.45, 7) is 3.69. The van der Waals surface area contributed by atoms with E-state index < -0.39 is 0 Å². The molecule has 0 spiro atoms. The molecule has 23 heavy (non-hydrogen) atoms. The van der Waals surface area contributed by atoms with E-state index in [4.69, 9.17) is 5.73 Å². The molecule has 0 saturated heterocycles. The first kappa shape index (κ1) is 15.5. The molecule has 0 saturated carbocycles. The van der Waals surface area contributed by atoms with Crippen LogP contribution in [0.3, 0.4) is 0 Å². The lowest BCUT2D eigenvalue weighted by molar-refractivity contribution is 0.605.